The summed E-state index contributed by atoms with van der Waals surface area (Å²) < 4.78 is 89.4. The van der Waals surface area contributed by atoms with Crippen LogP contribution < -0.4 is 10.5 Å². The van der Waals surface area contributed by atoms with Crippen molar-refractivity contribution in [3.63, 3.8) is 0 Å². The molecule has 6 nitrogen and oxygen atoms in total. The van der Waals surface area contributed by atoms with Gasteiger partial charge in [0.2, 0.25) is 6.86 Å². The van der Waals surface area contributed by atoms with Gasteiger partial charge in [0, 0.05) is 18.4 Å². The lowest BCUT2D eigenvalue weighted by Crippen LogP contribution is -2.48. The molecule has 2 aromatic rings. The molecule has 0 radical (unpaired) electrons. The monoisotopic (exact) mass is 461 g/mol. The van der Waals surface area contributed by atoms with Crippen LogP contribution in [0.1, 0.15) is 28.0 Å². The molecule has 0 saturated carbocycles. The first kappa shape index (κ1) is 23.4. The fraction of sp³-hybridized carbons (Fsp3) is 0.350. The van der Waals surface area contributed by atoms with Crippen molar-refractivity contribution in [1.29, 1.82) is 0 Å². The molecule has 2 heterocycles. The van der Waals surface area contributed by atoms with Gasteiger partial charge in [-0.15, -0.1) is 0 Å². The molecule has 0 spiro atoms. The molecule has 1 aliphatic heterocycles. The zero-order valence-electron chi connectivity index (χ0n) is 16.3. The molecule has 2 atom stereocenters. The van der Waals surface area contributed by atoms with E-state index in [2.05, 4.69) is 19.5 Å². The van der Waals surface area contributed by atoms with E-state index in [1.165, 1.54) is 18.2 Å². The number of hydrogen-bond donors (Lipinski definition) is 1. The molecule has 3 rings (SSSR count). The summed E-state index contributed by atoms with van der Waals surface area (Å²) in [5, 5.41) is 0. The molecular formula is C20H17F6N3O3. The summed E-state index contributed by atoms with van der Waals surface area (Å²) >= 11 is 0. The van der Waals surface area contributed by atoms with Gasteiger partial charge in [0.25, 0.3) is 6.02 Å². The van der Waals surface area contributed by atoms with E-state index in [1.54, 1.807) is 0 Å². The SMILES string of the molecule is NC1=N[C@](CF)(c2cc(CC(=O)c3ccc(OCF)cn3)ccc2F)C[C@@H](C(F)(F)F)O1. The number of nitrogens with two attached hydrogens (primary N) is 1. The number of alkyl halides is 5. The third-order valence-electron chi connectivity index (χ3n) is 4.84. The fourth-order valence-corrected chi connectivity index (χ4v) is 3.29. The Bertz CT molecular complexity index is 1010. The van der Waals surface area contributed by atoms with Gasteiger partial charge >= 0.3 is 6.18 Å². The van der Waals surface area contributed by atoms with Crippen molar-refractivity contribution in [2.75, 3.05) is 13.5 Å². The lowest BCUT2D eigenvalue weighted by molar-refractivity contribution is -0.209. The molecule has 1 aliphatic rings. The number of aromatic nitrogens is 1. The summed E-state index contributed by atoms with van der Waals surface area (Å²) in [6.45, 7) is -2.55. The third kappa shape index (κ3) is 4.94. The van der Waals surface area contributed by atoms with Crippen molar-refractivity contribution in [2.45, 2.75) is 30.7 Å². The maximum absolute atomic E-state index is 14.6. The summed E-state index contributed by atoms with van der Waals surface area (Å²) in [5.74, 6) is -1.43. The van der Waals surface area contributed by atoms with Crippen molar-refractivity contribution in [3.8, 4) is 5.75 Å². The average molecular weight is 461 g/mol. The minimum absolute atomic E-state index is 0.00671. The van der Waals surface area contributed by atoms with Gasteiger partial charge in [-0.3, -0.25) is 4.79 Å². The second-order valence-electron chi connectivity index (χ2n) is 7.01. The summed E-state index contributed by atoms with van der Waals surface area (Å²) in [6, 6.07) is 4.91. The van der Waals surface area contributed by atoms with Gasteiger partial charge in [0.1, 0.15) is 29.5 Å². The Kier molecular flexibility index (Phi) is 6.60. The Hall–Kier alpha value is -3.31. The van der Waals surface area contributed by atoms with Gasteiger partial charge in [-0.2, -0.15) is 13.2 Å². The largest absolute Gasteiger partial charge is 0.461 e. The Labute approximate surface area is 178 Å². The van der Waals surface area contributed by atoms with Crippen molar-refractivity contribution in [1.82, 2.24) is 4.98 Å². The summed E-state index contributed by atoms with van der Waals surface area (Å²) in [7, 11) is 0. The van der Waals surface area contributed by atoms with Gasteiger partial charge in [0.05, 0.1) is 6.20 Å². The topological polar surface area (TPSA) is 86.8 Å². The fourth-order valence-electron chi connectivity index (χ4n) is 3.29. The molecule has 0 bridgehead atoms. The number of Topliss-reactive ketones (excluding diaryl/α,β-unsaturated/α-hetero) is 1. The highest BCUT2D eigenvalue weighted by atomic mass is 19.4. The van der Waals surface area contributed by atoms with Crippen LogP contribution in [0.15, 0.2) is 41.5 Å². The summed E-state index contributed by atoms with van der Waals surface area (Å²) in [6.07, 6.45) is -7.56. The van der Waals surface area contributed by atoms with Crippen molar-refractivity contribution in [3.05, 3.63) is 59.2 Å². The highest BCUT2D eigenvalue weighted by molar-refractivity contribution is 5.95. The van der Waals surface area contributed by atoms with Gasteiger partial charge < -0.3 is 15.2 Å². The Morgan fingerprint density at radius 1 is 1.25 bits per heavy atom. The zero-order chi connectivity index (χ0) is 23.5. The number of aliphatic imine (C=N–C) groups is 1. The van der Waals surface area contributed by atoms with E-state index in [0.29, 0.717) is 0 Å². The highest BCUT2D eigenvalue weighted by Gasteiger charge is 2.52. The molecule has 2 N–H and O–H groups in total. The van der Waals surface area contributed by atoms with Crippen LogP contribution in [0.5, 0.6) is 5.75 Å². The number of carbonyl (C=O) groups is 1. The first-order valence-electron chi connectivity index (χ1n) is 9.19. The second kappa shape index (κ2) is 9.05. The molecule has 0 saturated heterocycles. The van der Waals surface area contributed by atoms with Crippen LogP contribution in [0.4, 0.5) is 26.3 Å². The van der Waals surface area contributed by atoms with Crippen molar-refractivity contribution in [2.24, 2.45) is 10.7 Å². The maximum Gasteiger partial charge on any atom is 0.425 e. The molecule has 0 aliphatic carbocycles. The number of amidine groups is 1. The van der Waals surface area contributed by atoms with E-state index >= 15 is 0 Å². The molecule has 0 amide bonds. The van der Waals surface area contributed by atoms with E-state index in [4.69, 9.17) is 5.73 Å². The smallest absolute Gasteiger partial charge is 0.425 e. The van der Waals surface area contributed by atoms with Crippen LogP contribution in [0.25, 0.3) is 0 Å². The van der Waals surface area contributed by atoms with Gasteiger partial charge in [-0.1, -0.05) is 6.07 Å². The summed E-state index contributed by atoms with van der Waals surface area (Å²) in [5.41, 5.74) is 2.76. The van der Waals surface area contributed by atoms with E-state index < -0.39 is 61.0 Å². The van der Waals surface area contributed by atoms with Crippen LogP contribution in [-0.4, -0.2) is 42.6 Å². The average Bonchev–Trinajstić information content (AvgIpc) is 2.74. The minimum atomic E-state index is -4.88. The first-order chi connectivity index (χ1) is 15.1. The van der Waals surface area contributed by atoms with Crippen LogP contribution in [0.2, 0.25) is 0 Å². The Balaban J connectivity index is 1.90. The number of nitrogens with zero attached hydrogens (tertiary/aromatic N) is 2. The lowest BCUT2D eigenvalue weighted by atomic mass is 9.83. The second-order valence-corrected chi connectivity index (χ2v) is 7.01. The quantitative estimate of drug-likeness (QED) is 0.501. The number of ether oxygens (including phenoxy) is 2. The molecule has 0 fully saturated rings. The number of hydrogen-bond acceptors (Lipinski definition) is 6. The van der Waals surface area contributed by atoms with Crippen LogP contribution in [-0.2, 0) is 16.7 Å². The predicted molar refractivity (Wildman–Crippen MR) is 100 cm³/mol. The highest BCUT2D eigenvalue weighted by Crippen LogP contribution is 2.41. The van der Waals surface area contributed by atoms with Gasteiger partial charge in [-0.05, 0) is 29.8 Å². The number of benzene rings is 1. The molecule has 12 heteroatoms. The molecule has 1 aromatic heterocycles. The van der Waals surface area contributed by atoms with E-state index in [1.807, 2.05) is 0 Å². The molecular weight excluding hydrogens is 444 g/mol. The van der Waals surface area contributed by atoms with Gasteiger partial charge in [0.15, 0.2) is 11.9 Å². The van der Waals surface area contributed by atoms with E-state index in [9.17, 15) is 31.1 Å². The molecule has 172 valence electrons. The zero-order valence-corrected chi connectivity index (χ0v) is 16.3. The van der Waals surface area contributed by atoms with E-state index in [-0.39, 0.29) is 23.4 Å². The summed E-state index contributed by atoms with van der Waals surface area (Å²) in [4.78, 5) is 20.0. The molecule has 32 heavy (non-hydrogen) atoms. The van der Waals surface area contributed by atoms with Gasteiger partial charge in [-0.25, -0.2) is 23.1 Å². The number of halogens is 6. The third-order valence-corrected chi connectivity index (χ3v) is 4.84. The Morgan fingerprint density at radius 2 is 2.00 bits per heavy atom. The molecule has 1 aromatic carbocycles. The van der Waals surface area contributed by atoms with Crippen LogP contribution in [0, 0.1) is 5.82 Å². The maximum atomic E-state index is 14.6. The van der Waals surface area contributed by atoms with Crippen molar-refractivity contribution >= 4 is 11.8 Å². The molecule has 0 unspecified atom stereocenters. The number of pyridine rings is 1. The van der Waals surface area contributed by atoms with Crippen LogP contribution in [0.3, 0.4) is 0 Å². The first-order valence-corrected chi connectivity index (χ1v) is 9.19. The van der Waals surface area contributed by atoms with Crippen LogP contribution >= 0.6 is 0 Å². The number of ketones is 1. The normalized spacial score (nSPS) is 20.9. The number of rotatable bonds is 7. The van der Waals surface area contributed by atoms with Crippen molar-refractivity contribution < 1.29 is 40.6 Å². The standard InChI is InChI=1S/C20H17F6N3O3/c21-9-19(7-17(20(24,25)26)32-18(27)29-19)13-5-11(1-3-14(13)23)6-16(30)15-4-2-12(8-28-15)31-10-22/h1-5,8,17H,6-7,9-10H2,(H2,27,29)/t17-,19+/m0/s1. The minimum Gasteiger partial charge on any atom is -0.461 e. The number of carbonyl (C=O) groups excluding carboxylic acids is 1. The predicted octanol–water partition coefficient (Wildman–Crippen LogP) is 3.78. The van der Waals surface area contributed by atoms with E-state index in [0.717, 1.165) is 18.3 Å². The lowest BCUT2D eigenvalue weighted by Gasteiger charge is -2.36. The Morgan fingerprint density at radius 3 is 2.59 bits per heavy atom.